The Hall–Kier alpha value is -3.17. The van der Waals surface area contributed by atoms with E-state index in [2.05, 4.69) is 30.0 Å². The molecule has 204 valence electrons. The summed E-state index contributed by atoms with van der Waals surface area (Å²) in [4.78, 5) is 31.2. The molecule has 3 aliphatic rings. The summed E-state index contributed by atoms with van der Waals surface area (Å²) in [6.07, 6.45) is 3.19. The summed E-state index contributed by atoms with van der Waals surface area (Å²) in [6.45, 7) is 0.0534. The number of aromatic nitrogens is 8. The SMILES string of the molecule is Nc1nc2c(ncn2[C@@H]2OC3C[C@H]2O[P+](=O)OC[C@H]2O[C@@H](c4cnc5c(N)ncnn45)C[C@@H]2CPO3)c(=O)[nH]1. The standard InChI is InChI=1S/C20H22N10O7P2/c21-15-17-23-3-9(30(17)26-6-24-15)10-1-8-5-38-36-13-2-11(37-39(32)33-4-12(8)34-10)19(35-13)29-7-25-14-16(29)27-20(22)28-18(14)31/h3,6-8,10-13,19,38H,1-2,4-5H2,(H4-,21,22,24,26,27,28,31)/p+1/t8-,10-,11-,12-,13?,19-/m1/s1. The second kappa shape index (κ2) is 9.78. The third kappa shape index (κ3) is 4.45. The van der Waals surface area contributed by atoms with Crippen LogP contribution in [0.1, 0.15) is 30.9 Å². The lowest BCUT2D eigenvalue weighted by molar-refractivity contribution is -0.0991. The second-order valence-corrected chi connectivity index (χ2v) is 11.2. The molecule has 4 aromatic heterocycles. The van der Waals surface area contributed by atoms with Crippen LogP contribution in [0.25, 0.3) is 16.8 Å². The molecule has 3 aliphatic heterocycles. The van der Waals surface area contributed by atoms with E-state index in [0.717, 1.165) is 5.69 Å². The summed E-state index contributed by atoms with van der Waals surface area (Å²) in [5, 5.41) is 4.26. The highest BCUT2D eigenvalue weighted by Crippen LogP contribution is 2.45. The molecule has 0 aliphatic carbocycles. The van der Waals surface area contributed by atoms with Gasteiger partial charge in [0.25, 0.3) is 5.56 Å². The number of fused-ring (bicyclic) bond motifs is 5. The van der Waals surface area contributed by atoms with E-state index in [4.69, 9.17) is 34.5 Å². The molecule has 0 saturated carbocycles. The summed E-state index contributed by atoms with van der Waals surface area (Å²) in [5.74, 6) is 0.255. The molecule has 3 fully saturated rings. The van der Waals surface area contributed by atoms with Crippen LogP contribution in [0.3, 0.4) is 0 Å². The third-order valence-electron chi connectivity index (χ3n) is 6.95. The topological polar surface area (TPSA) is 222 Å². The Morgan fingerprint density at radius 2 is 2.03 bits per heavy atom. The van der Waals surface area contributed by atoms with Gasteiger partial charge in [-0.05, 0) is 18.5 Å². The normalized spacial score (nSPS) is 31.4. The van der Waals surface area contributed by atoms with Gasteiger partial charge in [-0.1, -0.05) is 0 Å². The first-order valence-electron chi connectivity index (χ1n) is 12.1. The Labute approximate surface area is 221 Å². The monoisotopic (exact) mass is 577 g/mol. The van der Waals surface area contributed by atoms with E-state index in [9.17, 15) is 9.36 Å². The molecule has 3 unspecified atom stereocenters. The van der Waals surface area contributed by atoms with Crippen molar-refractivity contribution in [2.75, 3.05) is 24.2 Å². The van der Waals surface area contributed by atoms with Gasteiger partial charge in [-0.2, -0.15) is 10.1 Å². The van der Waals surface area contributed by atoms with Gasteiger partial charge in [0.1, 0.15) is 19.0 Å². The van der Waals surface area contributed by atoms with Crippen molar-refractivity contribution in [2.24, 2.45) is 5.92 Å². The average Bonchev–Trinajstić information content (AvgIpc) is 3.67. The maximum atomic E-state index is 12.9. The maximum absolute atomic E-state index is 12.9. The van der Waals surface area contributed by atoms with Crippen LogP contribution in [0.5, 0.6) is 0 Å². The minimum absolute atomic E-state index is 0.0467. The predicted molar refractivity (Wildman–Crippen MR) is 135 cm³/mol. The molecule has 7 rings (SSSR count). The zero-order valence-corrected chi connectivity index (χ0v) is 22.0. The molecule has 7 heterocycles. The highest BCUT2D eigenvalue weighted by Gasteiger charge is 2.47. The summed E-state index contributed by atoms with van der Waals surface area (Å²) in [7, 11) is -2.45. The summed E-state index contributed by atoms with van der Waals surface area (Å²) < 4.78 is 45.9. The van der Waals surface area contributed by atoms with E-state index in [1.807, 2.05) is 0 Å². The lowest BCUT2D eigenvalue weighted by atomic mass is 10.0. The lowest BCUT2D eigenvalue weighted by Gasteiger charge is -2.18. The molecule has 4 aromatic rings. The maximum Gasteiger partial charge on any atom is 0.697 e. The fraction of sp³-hybridized carbons (Fsp3) is 0.500. The van der Waals surface area contributed by atoms with Gasteiger partial charge < -0.3 is 25.5 Å². The number of nitrogens with two attached hydrogens (primary N) is 2. The molecule has 5 N–H and O–H groups in total. The molecule has 17 nitrogen and oxygen atoms in total. The van der Waals surface area contributed by atoms with Crippen LogP contribution >= 0.6 is 17.1 Å². The van der Waals surface area contributed by atoms with Crippen LogP contribution in [0.15, 0.2) is 23.6 Å². The minimum Gasteiger partial charge on any atom is -0.381 e. The largest absolute Gasteiger partial charge is 0.697 e. The zero-order valence-electron chi connectivity index (χ0n) is 20.1. The molecule has 8 atom stereocenters. The highest BCUT2D eigenvalue weighted by atomic mass is 31.1. The van der Waals surface area contributed by atoms with Gasteiger partial charge in [0.2, 0.25) is 5.95 Å². The first-order valence-corrected chi connectivity index (χ1v) is 14.3. The van der Waals surface area contributed by atoms with Gasteiger partial charge in [0.15, 0.2) is 41.3 Å². The van der Waals surface area contributed by atoms with Crippen molar-refractivity contribution in [3.8, 4) is 0 Å². The number of ether oxygens (including phenoxy) is 2. The molecular weight excluding hydrogens is 554 g/mol. The van der Waals surface area contributed by atoms with Gasteiger partial charge in [-0.25, -0.2) is 19.5 Å². The van der Waals surface area contributed by atoms with E-state index < -0.39 is 32.4 Å². The van der Waals surface area contributed by atoms with Crippen molar-refractivity contribution < 1.29 is 27.6 Å². The van der Waals surface area contributed by atoms with Crippen LogP contribution in [0, 0.1) is 5.92 Å². The first kappa shape index (κ1) is 24.8. The quantitative estimate of drug-likeness (QED) is 0.280. The van der Waals surface area contributed by atoms with Crippen molar-refractivity contribution >= 4 is 45.6 Å². The number of anilines is 2. The Bertz CT molecular complexity index is 1630. The molecule has 0 amide bonds. The Morgan fingerprint density at radius 1 is 1.13 bits per heavy atom. The Kier molecular flexibility index (Phi) is 6.23. The summed E-state index contributed by atoms with van der Waals surface area (Å²) >= 11 is 0. The number of nitrogens with zero attached hydrogens (tertiary/aromatic N) is 7. The van der Waals surface area contributed by atoms with E-state index in [-0.39, 0.29) is 62.9 Å². The van der Waals surface area contributed by atoms with Crippen LogP contribution in [0.2, 0.25) is 0 Å². The number of hydrogen-bond donors (Lipinski definition) is 3. The third-order valence-corrected chi connectivity index (χ3v) is 8.88. The number of H-pyrrole nitrogens is 1. The molecule has 0 aromatic carbocycles. The van der Waals surface area contributed by atoms with Crippen LogP contribution < -0.4 is 17.0 Å². The van der Waals surface area contributed by atoms with Gasteiger partial charge in [-0.3, -0.25) is 14.3 Å². The van der Waals surface area contributed by atoms with E-state index in [0.29, 0.717) is 18.2 Å². The molecule has 19 heteroatoms. The smallest absolute Gasteiger partial charge is 0.381 e. The Morgan fingerprint density at radius 3 is 2.92 bits per heavy atom. The van der Waals surface area contributed by atoms with Crippen LogP contribution in [-0.4, -0.2) is 70.4 Å². The fourth-order valence-corrected chi connectivity index (χ4v) is 6.95. The molecule has 0 radical (unpaired) electrons. The van der Waals surface area contributed by atoms with Crippen molar-refractivity contribution in [1.29, 1.82) is 0 Å². The zero-order chi connectivity index (χ0) is 26.7. The number of nitrogens with one attached hydrogen (secondary N) is 1. The number of imidazole rings is 2. The van der Waals surface area contributed by atoms with Crippen molar-refractivity contribution in [3.63, 3.8) is 0 Å². The molecule has 2 bridgehead atoms. The first-order chi connectivity index (χ1) is 18.9. The molecule has 39 heavy (non-hydrogen) atoms. The second-order valence-electron chi connectivity index (χ2n) is 9.32. The van der Waals surface area contributed by atoms with E-state index in [1.165, 1.54) is 17.2 Å². The molecular formula is C20H23N10O7P2+. The number of rotatable bonds is 2. The van der Waals surface area contributed by atoms with Crippen molar-refractivity contribution in [3.05, 3.63) is 34.9 Å². The fourth-order valence-electron chi connectivity index (χ4n) is 5.13. The van der Waals surface area contributed by atoms with Gasteiger partial charge in [0, 0.05) is 19.8 Å². The van der Waals surface area contributed by atoms with Crippen molar-refractivity contribution in [2.45, 2.75) is 43.7 Å². The molecule has 3 saturated heterocycles. The lowest BCUT2D eigenvalue weighted by Crippen LogP contribution is -2.24. The summed E-state index contributed by atoms with van der Waals surface area (Å²) in [5.41, 5.74) is 12.7. The van der Waals surface area contributed by atoms with Crippen LogP contribution in [0.4, 0.5) is 11.8 Å². The molecule has 0 spiro atoms. The Balaban J connectivity index is 1.10. The predicted octanol–water partition coefficient (Wildman–Crippen LogP) is 0.796. The van der Waals surface area contributed by atoms with Gasteiger partial charge >= 0.3 is 8.25 Å². The van der Waals surface area contributed by atoms with Crippen molar-refractivity contribution in [1.82, 2.24) is 39.1 Å². The van der Waals surface area contributed by atoms with E-state index >= 15 is 0 Å². The number of aromatic amines is 1. The average molecular weight is 577 g/mol. The van der Waals surface area contributed by atoms with E-state index in [1.54, 1.807) is 10.7 Å². The van der Waals surface area contributed by atoms with Crippen LogP contribution in [-0.2, 0) is 27.6 Å². The highest BCUT2D eigenvalue weighted by molar-refractivity contribution is 7.33. The van der Waals surface area contributed by atoms with Gasteiger partial charge in [-0.15, -0.1) is 9.05 Å². The number of nitrogen functional groups attached to an aromatic ring is 2. The minimum atomic E-state index is -2.54. The summed E-state index contributed by atoms with van der Waals surface area (Å²) in [6, 6.07) is 0. The number of hydrogen-bond acceptors (Lipinski definition) is 14. The van der Waals surface area contributed by atoms with Gasteiger partial charge in [0.05, 0.1) is 24.3 Å².